The number of hydrogen-bond acceptors (Lipinski definition) is 7. The quantitative estimate of drug-likeness (QED) is 0.579. The number of pyridine rings is 1. The van der Waals surface area contributed by atoms with E-state index in [1.807, 2.05) is 12.1 Å². The number of nitrogens with one attached hydrogen (secondary N) is 1. The molecule has 2 aromatic carbocycles. The molecule has 37 heavy (non-hydrogen) atoms. The number of aromatic nitrogens is 1. The Morgan fingerprint density at radius 3 is 2.78 bits per heavy atom. The first-order valence-electron chi connectivity index (χ1n) is 13.6. The lowest BCUT2D eigenvalue weighted by molar-refractivity contribution is -0.0295. The summed E-state index contributed by atoms with van der Waals surface area (Å²) >= 11 is 0. The number of rotatable bonds is 5. The minimum absolute atomic E-state index is 0.148. The van der Waals surface area contributed by atoms with Gasteiger partial charge in [-0.3, -0.25) is 4.98 Å². The van der Waals surface area contributed by atoms with Gasteiger partial charge in [-0.25, -0.2) is 0 Å². The molecule has 3 atom stereocenters. The molecule has 3 fully saturated rings. The van der Waals surface area contributed by atoms with Crippen LogP contribution in [0.3, 0.4) is 0 Å². The molecule has 3 saturated heterocycles. The molecule has 1 aromatic heterocycles. The van der Waals surface area contributed by atoms with E-state index in [1.165, 1.54) is 17.7 Å². The van der Waals surface area contributed by atoms with Crippen LogP contribution in [-0.2, 0) is 4.74 Å². The molecule has 0 spiro atoms. The highest BCUT2D eigenvalue weighted by Gasteiger charge is 2.31. The first-order chi connectivity index (χ1) is 18.2. The van der Waals surface area contributed by atoms with Gasteiger partial charge in [-0.15, -0.1) is 0 Å². The van der Waals surface area contributed by atoms with Crippen molar-refractivity contribution in [2.24, 2.45) is 0 Å². The molecule has 0 saturated carbocycles. The summed E-state index contributed by atoms with van der Waals surface area (Å²) in [6.07, 6.45) is 3.26. The second-order valence-electron chi connectivity index (χ2n) is 10.7. The maximum Gasteiger partial charge on any atom is 0.101 e. The number of ether oxygens (including phenoxy) is 1. The van der Waals surface area contributed by atoms with E-state index >= 15 is 0 Å². The summed E-state index contributed by atoms with van der Waals surface area (Å²) < 4.78 is 6.43. The Morgan fingerprint density at radius 1 is 1.03 bits per heavy atom. The van der Waals surface area contributed by atoms with Crippen LogP contribution >= 0.6 is 0 Å². The fourth-order valence-corrected chi connectivity index (χ4v) is 6.32. The summed E-state index contributed by atoms with van der Waals surface area (Å²) in [4.78, 5) is 12.0. The standard InChI is InChI=1S/C30H36N6O/c1-22-18-36(29-8-7-24(17-31)30-28(29)6-3-10-33-30)21-27(37-22)20-34-13-9-25(19-34)23-4-2-5-26(16-23)35-14-11-32-12-15-35/h2-8,10,16,22,25,27,32H,9,11-15,18-21H2,1H3/t22-,25?,27+/m1/s1. The minimum atomic E-state index is 0.148. The number of likely N-dealkylation sites (tertiary alicyclic amines) is 1. The van der Waals surface area contributed by atoms with Crippen LogP contribution in [0.5, 0.6) is 0 Å². The van der Waals surface area contributed by atoms with E-state index < -0.39 is 0 Å². The monoisotopic (exact) mass is 496 g/mol. The SMILES string of the molecule is C[C@@H]1CN(c2ccc(C#N)c3ncccc23)C[C@H](CN2CCC(c3cccc(N4CCNCC4)c3)C2)O1. The highest BCUT2D eigenvalue weighted by Crippen LogP contribution is 2.33. The van der Waals surface area contributed by atoms with Gasteiger partial charge in [-0.2, -0.15) is 5.26 Å². The molecule has 1 unspecified atom stereocenters. The van der Waals surface area contributed by atoms with E-state index in [4.69, 9.17) is 4.74 Å². The van der Waals surface area contributed by atoms with Crippen LogP contribution in [0.4, 0.5) is 11.4 Å². The van der Waals surface area contributed by atoms with Crippen molar-refractivity contribution in [1.82, 2.24) is 15.2 Å². The van der Waals surface area contributed by atoms with Crippen molar-refractivity contribution in [3.05, 3.63) is 65.9 Å². The smallest absolute Gasteiger partial charge is 0.101 e. The number of hydrogen-bond donors (Lipinski definition) is 1. The van der Waals surface area contributed by atoms with E-state index in [0.29, 0.717) is 11.5 Å². The molecule has 0 bridgehead atoms. The Hall–Kier alpha value is -3.18. The summed E-state index contributed by atoms with van der Waals surface area (Å²) in [6, 6.07) is 19.5. The molecular weight excluding hydrogens is 460 g/mol. The molecule has 3 aromatic rings. The van der Waals surface area contributed by atoms with Crippen LogP contribution in [0.25, 0.3) is 10.9 Å². The van der Waals surface area contributed by atoms with Crippen molar-refractivity contribution in [1.29, 1.82) is 5.26 Å². The Morgan fingerprint density at radius 2 is 1.92 bits per heavy atom. The fraction of sp³-hybridized carbons (Fsp3) is 0.467. The Kier molecular flexibility index (Phi) is 6.97. The van der Waals surface area contributed by atoms with Gasteiger partial charge in [0.05, 0.1) is 23.3 Å². The summed E-state index contributed by atoms with van der Waals surface area (Å²) in [5.74, 6) is 0.577. The summed E-state index contributed by atoms with van der Waals surface area (Å²) in [6.45, 7) is 11.3. The van der Waals surface area contributed by atoms with Crippen molar-refractivity contribution >= 4 is 22.3 Å². The van der Waals surface area contributed by atoms with Gasteiger partial charge in [0.25, 0.3) is 0 Å². The van der Waals surface area contributed by atoms with Crippen LogP contribution in [0.1, 0.15) is 30.4 Å². The number of morpholine rings is 1. The van der Waals surface area contributed by atoms with Gasteiger partial charge in [-0.05, 0) is 67.8 Å². The topological polar surface area (TPSA) is 67.7 Å². The lowest BCUT2D eigenvalue weighted by Crippen LogP contribution is -2.50. The molecule has 0 amide bonds. The lowest BCUT2D eigenvalue weighted by atomic mass is 9.97. The first-order valence-corrected chi connectivity index (χ1v) is 13.6. The Labute approximate surface area is 219 Å². The van der Waals surface area contributed by atoms with E-state index in [-0.39, 0.29) is 12.2 Å². The predicted molar refractivity (Wildman–Crippen MR) is 148 cm³/mol. The number of anilines is 2. The average molecular weight is 497 g/mol. The summed E-state index contributed by atoms with van der Waals surface area (Å²) in [7, 11) is 0. The van der Waals surface area contributed by atoms with Crippen LogP contribution < -0.4 is 15.1 Å². The molecular formula is C30H36N6O. The third kappa shape index (κ3) is 5.15. The molecule has 3 aliphatic rings. The number of piperazine rings is 1. The normalized spacial score (nSPS) is 24.9. The van der Waals surface area contributed by atoms with Crippen molar-refractivity contribution < 1.29 is 4.74 Å². The van der Waals surface area contributed by atoms with Crippen LogP contribution in [-0.4, -0.2) is 81.0 Å². The zero-order valence-corrected chi connectivity index (χ0v) is 21.6. The third-order valence-electron chi connectivity index (χ3n) is 8.09. The van der Waals surface area contributed by atoms with Gasteiger partial charge in [0.1, 0.15) is 6.07 Å². The van der Waals surface area contributed by atoms with Gasteiger partial charge in [-0.1, -0.05) is 12.1 Å². The summed E-state index contributed by atoms with van der Waals surface area (Å²) in [5.41, 5.74) is 5.38. The van der Waals surface area contributed by atoms with Gasteiger partial charge in [0.2, 0.25) is 0 Å². The number of fused-ring (bicyclic) bond motifs is 1. The van der Waals surface area contributed by atoms with Gasteiger partial charge in [0.15, 0.2) is 0 Å². The molecule has 1 N–H and O–H groups in total. The summed E-state index contributed by atoms with van der Waals surface area (Å²) in [5, 5.41) is 14.0. The maximum atomic E-state index is 9.53. The number of nitrogens with zero attached hydrogens (tertiary/aromatic N) is 5. The number of benzene rings is 2. The van der Waals surface area contributed by atoms with E-state index in [1.54, 1.807) is 6.20 Å². The molecule has 0 aliphatic carbocycles. The molecule has 3 aliphatic heterocycles. The van der Waals surface area contributed by atoms with Gasteiger partial charge >= 0.3 is 0 Å². The predicted octanol–water partition coefficient (Wildman–Crippen LogP) is 3.60. The van der Waals surface area contributed by atoms with E-state index in [2.05, 4.69) is 74.4 Å². The third-order valence-corrected chi connectivity index (χ3v) is 8.09. The largest absolute Gasteiger partial charge is 0.370 e. The highest BCUT2D eigenvalue weighted by molar-refractivity contribution is 5.95. The number of nitriles is 1. The zero-order valence-electron chi connectivity index (χ0n) is 21.6. The molecule has 6 rings (SSSR count). The second-order valence-corrected chi connectivity index (χ2v) is 10.7. The van der Waals surface area contributed by atoms with Crippen LogP contribution in [0.15, 0.2) is 54.7 Å². The van der Waals surface area contributed by atoms with E-state index in [0.717, 1.165) is 75.5 Å². The molecule has 4 heterocycles. The van der Waals surface area contributed by atoms with Crippen molar-refractivity contribution in [2.45, 2.75) is 31.5 Å². The lowest BCUT2D eigenvalue weighted by Gasteiger charge is -2.40. The first kappa shape index (κ1) is 24.2. The Balaban J connectivity index is 1.13. The van der Waals surface area contributed by atoms with Crippen molar-refractivity contribution in [2.75, 3.05) is 68.7 Å². The van der Waals surface area contributed by atoms with Crippen LogP contribution in [0.2, 0.25) is 0 Å². The van der Waals surface area contributed by atoms with Crippen molar-refractivity contribution in [3.8, 4) is 6.07 Å². The molecule has 7 heteroatoms. The van der Waals surface area contributed by atoms with Crippen LogP contribution in [0, 0.1) is 11.3 Å². The van der Waals surface area contributed by atoms with Gasteiger partial charge < -0.3 is 24.8 Å². The molecule has 192 valence electrons. The van der Waals surface area contributed by atoms with Gasteiger partial charge in [0, 0.05) is 75.3 Å². The highest BCUT2D eigenvalue weighted by atomic mass is 16.5. The Bertz CT molecular complexity index is 1280. The molecule has 0 radical (unpaired) electrons. The fourth-order valence-electron chi connectivity index (χ4n) is 6.32. The second kappa shape index (κ2) is 10.7. The van der Waals surface area contributed by atoms with Crippen molar-refractivity contribution in [3.63, 3.8) is 0 Å². The molecule has 7 nitrogen and oxygen atoms in total. The minimum Gasteiger partial charge on any atom is -0.370 e. The average Bonchev–Trinajstić information content (AvgIpc) is 3.41. The van der Waals surface area contributed by atoms with E-state index in [9.17, 15) is 5.26 Å². The maximum absolute atomic E-state index is 9.53. The zero-order chi connectivity index (χ0) is 25.2.